The van der Waals surface area contributed by atoms with Crippen LogP contribution in [0.15, 0.2) is 30.5 Å². The van der Waals surface area contributed by atoms with Crippen LogP contribution in [-0.4, -0.2) is 9.55 Å². The molecule has 0 fully saturated rings. The summed E-state index contributed by atoms with van der Waals surface area (Å²) in [5.41, 5.74) is 6.79. The molecule has 0 aliphatic carbocycles. The molecule has 90 valence electrons. The van der Waals surface area contributed by atoms with Crippen LogP contribution in [0, 0.1) is 6.92 Å². The van der Waals surface area contributed by atoms with Gasteiger partial charge in [0.15, 0.2) is 0 Å². The first-order valence-corrected chi connectivity index (χ1v) is 5.70. The van der Waals surface area contributed by atoms with Crippen LogP contribution in [0.3, 0.4) is 0 Å². The quantitative estimate of drug-likeness (QED) is 0.878. The number of aryl methyl sites for hydroxylation is 2. The molecule has 2 aromatic rings. The van der Waals surface area contributed by atoms with Gasteiger partial charge >= 0.3 is 0 Å². The van der Waals surface area contributed by atoms with Crippen molar-refractivity contribution >= 4 is 5.82 Å². The van der Waals surface area contributed by atoms with Crippen molar-refractivity contribution in [1.82, 2.24) is 9.55 Å². The van der Waals surface area contributed by atoms with E-state index in [2.05, 4.69) is 11.9 Å². The van der Waals surface area contributed by atoms with E-state index in [9.17, 15) is 0 Å². The monoisotopic (exact) mass is 231 g/mol. The number of ether oxygens (including phenoxy) is 1. The average Bonchev–Trinajstić information content (AvgIpc) is 2.69. The minimum Gasteiger partial charge on any atom is -0.485 e. The van der Waals surface area contributed by atoms with Gasteiger partial charge in [0.25, 0.3) is 0 Å². The second-order valence-corrected chi connectivity index (χ2v) is 3.92. The molecule has 0 saturated carbocycles. The molecule has 0 atom stereocenters. The lowest BCUT2D eigenvalue weighted by atomic mass is 10.2. The summed E-state index contributed by atoms with van der Waals surface area (Å²) in [4.78, 5) is 4.24. The van der Waals surface area contributed by atoms with Crippen molar-refractivity contribution in [2.24, 2.45) is 0 Å². The number of nitrogens with zero attached hydrogens (tertiary/aromatic N) is 2. The summed E-state index contributed by atoms with van der Waals surface area (Å²) >= 11 is 0. The van der Waals surface area contributed by atoms with Gasteiger partial charge in [-0.25, -0.2) is 4.98 Å². The molecule has 0 aliphatic rings. The lowest BCUT2D eigenvalue weighted by Gasteiger charge is -2.09. The van der Waals surface area contributed by atoms with Gasteiger partial charge in [0.1, 0.15) is 24.0 Å². The third kappa shape index (κ3) is 2.58. The number of anilines is 1. The van der Waals surface area contributed by atoms with Crippen LogP contribution < -0.4 is 10.5 Å². The number of nitrogen functional groups attached to an aromatic ring is 1. The van der Waals surface area contributed by atoms with Gasteiger partial charge in [-0.1, -0.05) is 18.2 Å². The number of aromatic nitrogens is 2. The maximum Gasteiger partial charge on any atom is 0.149 e. The smallest absolute Gasteiger partial charge is 0.149 e. The zero-order valence-corrected chi connectivity index (χ0v) is 10.2. The lowest BCUT2D eigenvalue weighted by molar-refractivity contribution is 0.288. The second kappa shape index (κ2) is 4.91. The zero-order valence-electron chi connectivity index (χ0n) is 10.2. The van der Waals surface area contributed by atoms with Crippen molar-refractivity contribution in [1.29, 1.82) is 0 Å². The molecule has 1 aromatic carbocycles. The van der Waals surface area contributed by atoms with E-state index < -0.39 is 0 Å². The predicted octanol–water partition coefficient (Wildman–Crippen LogP) is 2.37. The Balaban J connectivity index is 2.09. The summed E-state index contributed by atoms with van der Waals surface area (Å²) in [6.07, 6.45) is 1.83. The van der Waals surface area contributed by atoms with Gasteiger partial charge in [-0.2, -0.15) is 0 Å². The summed E-state index contributed by atoms with van der Waals surface area (Å²) in [5.74, 6) is 2.28. The predicted molar refractivity (Wildman–Crippen MR) is 67.8 cm³/mol. The van der Waals surface area contributed by atoms with E-state index in [1.807, 2.05) is 42.0 Å². The van der Waals surface area contributed by atoms with Crippen molar-refractivity contribution < 1.29 is 4.74 Å². The standard InChI is InChI=1S/C13H17N3O/c1-3-16-8-12(14)15-13(16)9-17-11-7-5-4-6-10(11)2/h4-8H,3,9,14H2,1-2H3. The minimum absolute atomic E-state index is 0.440. The number of hydrogen-bond donors (Lipinski definition) is 1. The first kappa shape index (κ1) is 11.5. The van der Waals surface area contributed by atoms with Gasteiger partial charge in [-0.3, -0.25) is 0 Å². The summed E-state index contributed by atoms with van der Waals surface area (Å²) in [6.45, 7) is 5.36. The zero-order chi connectivity index (χ0) is 12.3. The van der Waals surface area contributed by atoms with Crippen LogP contribution in [-0.2, 0) is 13.2 Å². The molecule has 2 N–H and O–H groups in total. The highest BCUT2D eigenvalue weighted by Crippen LogP contribution is 2.18. The topological polar surface area (TPSA) is 53.1 Å². The highest BCUT2D eigenvalue weighted by Gasteiger charge is 2.06. The molecule has 17 heavy (non-hydrogen) atoms. The number of imidazole rings is 1. The minimum atomic E-state index is 0.440. The molecule has 0 radical (unpaired) electrons. The number of rotatable bonds is 4. The van der Waals surface area contributed by atoms with E-state index in [0.717, 1.165) is 23.7 Å². The normalized spacial score (nSPS) is 10.5. The van der Waals surface area contributed by atoms with Gasteiger partial charge in [-0.15, -0.1) is 0 Å². The van der Waals surface area contributed by atoms with Crippen molar-refractivity contribution in [3.8, 4) is 5.75 Å². The van der Waals surface area contributed by atoms with E-state index in [4.69, 9.17) is 10.5 Å². The van der Waals surface area contributed by atoms with Crippen molar-refractivity contribution in [2.75, 3.05) is 5.73 Å². The van der Waals surface area contributed by atoms with E-state index in [-0.39, 0.29) is 0 Å². The molecule has 2 rings (SSSR count). The third-order valence-corrected chi connectivity index (χ3v) is 2.67. The molecule has 0 aliphatic heterocycles. The molecule has 0 unspecified atom stereocenters. The van der Waals surface area contributed by atoms with E-state index in [1.165, 1.54) is 0 Å². The molecular formula is C13H17N3O. The Morgan fingerprint density at radius 2 is 2.12 bits per heavy atom. The highest BCUT2D eigenvalue weighted by molar-refractivity contribution is 5.32. The fourth-order valence-corrected chi connectivity index (χ4v) is 1.73. The molecule has 0 bridgehead atoms. The molecule has 0 saturated heterocycles. The highest BCUT2D eigenvalue weighted by atomic mass is 16.5. The van der Waals surface area contributed by atoms with E-state index in [1.54, 1.807) is 0 Å². The average molecular weight is 231 g/mol. The van der Waals surface area contributed by atoms with Crippen molar-refractivity contribution in [2.45, 2.75) is 27.0 Å². The lowest BCUT2D eigenvalue weighted by Crippen LogP contribution is -2.05. The van der Waals surface area contributed by atoms with Crippen molar-refractivity contribution in [3.05, 3.63) is 41.9 Å². The molecule has 1 aromatic heterocycles. The maximum absolute atomic E-state index is 5.74. The van der Waals surface area contributed by atoms with Crippen LogP contribution >= 0.6 is 0 Å². The van der Waals surface area contributed by atoms with Gasteiger partial charge in [0.2, 0.25) is 0 Å². The van der Waals surface area contributed by atoms with Gasteiger partial charge in [0.05, 0.1) is 0 Å². The van der Waals surface area contributed by atoms with Crippen LogP contribution in [0.1, 0.15) is 18.3 Å². The summed E-state index contributed by atoms with van der Waals surface area (Å²) in [6, 6.07) is 7.93. The molecule has 4 heteroatoms. The van der Waals surface area contributed by atoms with E-state index in [0.29, 0.717) is 12.4 Å². The SMILES string of the molecule is CCn1cc(N)nc1COc1ccccc1C. The van der Waals surface area contributed by atoms with E-state index >= 15 is 0 Å². The Labute approximate surface area is 101 Å². The fraction of sp³-hybridized carbons (Fsp3) is 0.308. The van der Waals surface area contributed by atoms with Crippen LogP contribution in [0.2, 0.25) is 0 Å². The number of nitrogens with two attached hydrogens (primary N) is 1. The van der Waals surface area contributed by atoms with Crippen LogP contribution in [0.4, 0.5) is 5.82 Å². The number of hydrogen-bond acceptors (Lipinski definition) is 3. The Morgan fingerprint density at radius 1 is 1.35 bits per heavy atom. The number of para-hydroxylation sites is 1. The van der Waals surface area contributed by atoms with Crippen molar-refractivity contribution in [3.63, 3.8) is 0 Å². The first-order valence-electron chi connectivity index (χ1n) is 5.70. The van der Waals surface area contributed by atoms with Gasteiger partial charge in [0, 0.05) is 12.7 Å². The third-order valence-electron chi connectivity index (χ3n) is 2.67. The Kier molecular flexibility index (Phi) is 3.32. The summed E-state index contributed by atoms with van der Waals surface area (Å²) in [7, 11) is 0. The summed E-state index contributed by atoms with van der Waals surface area (Å²) < 4.78 is 7.73. The molecule has 1 heterocycles. The molecule has 0 amide bonds. The van der Waals surface area contributed by atoms with Gasteiger partial charge < -0.3 is 15.0 Å². The Hall–Kier alpha value is -1.97. The molecular weight excluding hydrogens is 214 g/mol. The Morgan fingerprint density at radius 3 is 2.82 bits per heavy atom. The first-order chi connectivity index (χ1) is 8.20. The van der Waals surface area contributed by atoms with Gasteiger partial charge in [-0.05, 0) is 25.5 Å². The molecule has 4 nitrogen and oxygen atoms in total. The largest absolute Gasteiger partial charge is 0.485 e. The maximum atomic E-state index is 5.74. The second-order valence-electron chi connectivity index (χ2n) is 3.92. The Bertz CT molecular complexity index is 505. The molecule has 0 spiro atoms. The van der Waals surface area contributed by atoms with Crippen LogP contribution in [0.25, 0.3) is 0 Å². The number of benzene rings is 1. The van der Waals surface area contributed by atoms with Crippen LogP contribution in [0.5, 0.6) is 5.75 Å². The fourth-order valence-electron chi connectivity index (χ4n) is 1.73. The summed E-state index contributed by atoms with van der Waals surface area (Å²) in [5, 5.41) is 0.